The minimum Gasteiger partial charge on any atom is -0.508 e. The van der Waals surface area contributed by atoms with E-state index in [1.807, 2.05) is 35.0 Å². The summed E-state index contributed by atoms with van der Waals surface area (Å²) in [5.74, 6) is 0.322. The highest BCUT2D eigenvalue weighted by Crippen LogP contribution is 2.25. The van der Waals surface area contributed by atoms with E-state index in [-0.39, 0.29) is 17.1 Å². The van der Waals surface area contributed by atoms with E-state index in [1.165, 1.54) is 5.56 Å². The van der Waals surface area contributed by atoms with Gasteiger partial charge in [0.25, 0.3) is 0 Å². The van der Waals surface area contributed by atoms with E-state index in [9.17, 15) is 9.90 Å². The number of hydrogen-bond donors (Lipinski definition) is 2. The number of pyridine rings is 1. The number of aromatic hydroxyl groups is 1. The number of carbonyl (C=O) groups excluding carboxylic acids is 1. The number of phenols is 1. The number of phenolic OH excluding ortho intramolecular Hbond substituents is 1. The predicted octanol–water partition coefficient (Wildman–Crippen LogP) is 6.01. The molecule has 0 atom stereocenters. The van der Waals surface area contributed by atoms with Crippen LogP contribution in [0.1, 0.15) is 56.9 Å². The minimum atomic E-state index is 0.0687. The Kier molecular flexibility index (Phi) is 8.39. The molecule has 192 valence electrons. The molecule has 0 bridgehead atoms. The molecule has 0 spiro atoms. The third-order valence-corrected chi connectivity index (χ3v) is 6.45. The Hall–Kier alpha value is -3.93. The number of amides is 1. The monoisotopic (exact) mass is 496 g/mol. The zero-order valence-electron chi connectivity index (χ0n) is 21.9. The maximum absolute atomic E-state index is 12.3. The summed E-state index contributed by atoms with van der Waals surface area (Å²) in [5.41, 5.74) is 6.30. The molecule has 6 heteroatoms. The van der Waals surface area contributed by atoms with Gasteiger partial charge in [-0.3, -0.25) is 9.78 Å². The Labute approximate surface area is 219 Å². The van der Waals surface area contributed by atoms with Crippen LogP contribution < -0.4 is 5.32 Å². The standard InChI is InChI=1S/C31H36N4O2/c1-31(2,3)24-13-15-25(16-14-24)35-26(22-29(34-35)28-9-6-7-20-32-28)8-4-5-10-30(37)33-21-19-23-11-17-27(36)18-12-23/h6-7,9,11-18,20,22,36H,4-5,8,10,19,21H2,1-3H3,(H,33,37). The van der Waals surface area contributed by atoms with Crippen molar-refractivity contribution in [3.05, 3.63) is 95.8 Å². The van der Waals surface area contributed by atoms with Crippen LogP contribution in [0.5, 0.6) is 5.75 Å². The molecule has 2 heterocycles. The molecule has 2 aromatic carbocycles. The van der Waals surface area contributed by atoms with Crippen molar-refractivity contribution in [2.24, 2.45) is 0 Å². The summed E-state index contributed by atoms with van der Waals surface area (Å²) in [6, 6.07) is 23.6. The molecule has 0 saturated carbocycles. The van der Waals surface area contributed by atoms with Crippen LogP contribution in [-0.2, 0) is 23.1 Å². The first kappa shape index (κ1) is 26.1. The highest BCUT2D eigenvalue weighted by atomic mass is 16.3. The van der Waals surface area contributed by atoms with Crippen molar-refractivity contribution < 1.29 is 9.90 Å². The smallest absolute Gasteiger partial charge is 0.220 e. The first-order valence-electron chi connectivity index (χ1n) is 13.0. The molecule has 0 radical (unpaired) electrons. The average Bonchev–Trinajstić information content (AvgIpc) is 3.32. The summed E-state index contributed by atoms with van der Waals surface area (Å²) in [4.78, 5) is 16.8. The van der Waals surface area contributed by atoms with Gasteiger partial charge >= 0.3 is 0 Å². The van der Waals surface area contributed by atoms with E-state index in [0.29, 0.717) is 13.0 Å². The Morgan fingerprint density at radius 1 is 0.919 bits per heavy atom. The van der Waals surface area contributed by atoms with Gasteiger partial charge in [-0.2, -0.15) is 5.10 Å². The number of benzene rings is 2. The van der Waals surface area contributed by atoms with E-state index in [4.69, 9.17) is 5.10 Å². The van der Waals surface area contributed by atoms with Crippen molar-refractivity contribution in [2.75, 3.05) is 6.54 Å². The van der Waals surface area contributed by atoms with Crippen LogP contribution in [0.25, 0.3) is 17.1 Å². The lowest BCUT2D eigenvalue weighted by Gasteiger charge is -2.19. The van der Waals surface area contributed by atoms with Gasteiger partial charge in [0.2, 0.25) is 5.91 Å². The Morgan fingerprint density at radius 2 is 1.68 bits per heavy atom. The molecule has 0 aliphatic heterocycles. The van der Waals surface area contributed by atoms with Gasteiger partial charge in [0, 0.05) is 24.9 Å². The zero-order chi connectivity index (χ0) is 26.3. The summed E-state index contributed by atoms with van der Waals surface area (Å²) in [5, 5.41) is 17.3. The molecule has 37 heavy (non-hydrogen) atoms. The molecule has 6 nitrogen and oxygen atoms in total. The second-order valence-corrected chi connectivity index (χ2v) is 10.4. The van der Waals surface area contributed by atoms with E-state index in [2.05, 4.69) is 61.4 Å². The van der Waals surface area contributed by atoms with Gasteiger partial charge in [-0.1, -0.05) is 51.1 Å². The Balaban J connectivity index is 1.36. The van der Waals surface area contributed by atoms with Gasteiger partial charge in [0.05, 0.1) is 11.4 Å². The number of aromatic nitrogens is 3. The largest absolute Gasteiger partial charge is 0.508 e. The molecule has 2 N–H and O–H groups in total. The van der Waals surface area contributed by atoms with Crippen molar-refractivity contribution in [1.82, 2.24) is 20.1 Å². The van der Waals surface area contributed by atoms with Crippen molar-refractivity contribution in [3.63, 3.8) is 0 Å². The first-order chi connectivity index (χ1) is 17.8. The van der Waals surface area contributed by atoms with Gasteiger partial charge in [0.1, 0.15) is 11.4 Å². The summed E-state index contributed by atoms with van der Waals surface area (Å²) in [7, 11) is 0. The van der Waals surface area contributed by atoms with Gasteiger partial charge < -0.3 is 10.4 Å². The van der Waals surface area contributed by atoms with E-state index >= 15 is 0 Å². The van der Waals surface area contributed by atoms with Crippen LogP contribution in [0.2, 0.25) is 0 Å². The van der Waals surface area contributed by atoms with Gasteiger partial charge in [-0.15, -0.1) is 0 Å². The zero-order valence-corrected chi connectivity index (χ0v) is 21.9. The second-order valence-electron chi connectivity index (χ2n) is 10.4. The molecule has 4 aromatic rings. The molecule has 0 saturated heterocycles. The second kappa shape index (κ2) is 11.9. The molecule has 1 amide bonds. The lowest BCUT2D eigenvalue weighted by Crippen LogP contribution is -2.25. The number of hydrogen-bond acceptors (Lipinski definition) is 4. The third kappa shape index (κ3) is 7.29. The fourth-order valence-corrected chi connectivity index (χ4v) is 4.25. The van der Waals surface area contributed by atoms with E-state index in [0.717, 1.165) is 54.0 Å². The molecule has 4 rings (SSSR count). The molecule has 0 unspecified atom stereocenters. The summed E-state index contributed by atoms with van der Waals surface area (Å²) in [6.45, 7) is 7.23. The Morgan fingerprint density at radius 3 is 2.35 bits per heavy atom. The van der Waals surface area contributed by atoms with Gasteiger partial charge in [0.15, 0.2) is 0 Å². The number of carbonyl (C=O) groups is 1. The molecule has 0 aliphatic rings. The number of nitrogens with zero attached hydrogens (tertiary/aromatic N) is 3. The van der Waals surface area contributed by atoms with Crippen LogP contribution in [0.3, 0.4) is 0 Å². The topological polar surface area (TPSA) is 80.0 Å². The van der Waals surface area contributed by atoms with Crippen molar-refractivity contribution in [1.29, 1.82) is 0 Å². The maximum Gasteiger partial charge on any atom is 0.220 e. The lowest BCUT2D eigenvalue weighted by molar-refractivity contribution is -0.121. The number of rotatable bonds is 10. The van der Waals surface area contributed by atoms with Crippen molar-refractivity contribution >= 4 is 5.91 Å². The van der Waals surface area contributed by atoms with Crippen molar-refractivity contribution in [2.45, 2.75) is 58.3 Å². The van der Waals surface area contributed by atoms with Gasteiger partial charge in [-0.05, 0) is 84.7 Å². The maximum atomic E-state index is 12.3. The molecular formula is C31H36N4O2. The Bertz CT molecular complexity index is 1290. The van der Waals surface area contributed by atoms with Crippen LogP contribution in [0.15, 0.2) is 79.0 Å². The fourth-order valence-electron chi connectivity index (χ4n) is 4.25. The number of nitrogens with one attached hydrogen (secondary N) is 1. The van der Waals surface area contributed by atoms with Crippen LogP contribution in [0.4, 0.5) is 0 Å². The average molecular weight is 497 g/mol. The number of aryl methyl sites for hydroxylation is 1. The SMILES string of the molecule is CC(C)(C)c1ccc(-n2nc(-c3ccccn3)cc2CCCCC(=O)NCCc2ccc(O)cc2)cc1. The van der Waals surface area contributed by atoms with Crippen LogP contribution in [-0.4, -0.2) is 32.3 Å². The fraction of sp³-hybridized carbons (Fsp3) is 0.323. The summed E-state index contributed by atoms with van der Waals surface area (Å²) >= 11 is 0. The normalized spacial score (nSPS) is 11.4. The van der Waals surface area contributed by atoms with Crippen LogP contribution in [0, 0.1) is 0 Å². The summed E-state index contributed by atoms with van der Waals surface area (Å²) in [6.07, 6.45) is 5.54. The quantitative estimate of drug-likeness (QED) is 0.264. The van der Waals surface area contributed by atoms with E-state index in [1.54, 1.807) is 18.3 Å². The summed E-state index contributed by atoms with van der Waals surface area (Å²) < 4.78 is 2.01. The molecule has 0 fully saturated rings. The lowest BCUT2D eigenvalue weighted by atomic mass is 9.87. The molecule has 0 aliphatic carbocycles. The minimum absolute atomic E-state index is 0.0687. The third-order valence-electron chi connectivity index (χ3n) is 6.45. The van der Waals surface area contributed by atoms with E-state index < -0.39 is 0 Å². The van der Waals surface area contributed by atoms with Crippen LogP contribution >= 0.6 is 0 Å². The number of unbranched alkanes of at least 4 members (excludes halogenated alkanes) is 1. The van der Waals surface area contributed by atoms with Crippen molar-refractivity contribution in [3.8, 4) is 22.8 Å². The van der Waals surface area contributed by atoms with Gasteiger partial charge in [-0.25, -0.2) is 4.68 Å². The highest BCUT2D eigenvalue weighted by molar-refractivity contribution is 5.75. The molecule has 2 aromatic heterocycles. The predicted molar refractivity (Wildman–Crippen MR) is 148 cm³/mol. The highest BCUT2D eigenvalue weighted by Gasteiger charge is 2.16. The first-order valence-corrected chi connectivity index (χ1v) is 13.0. The molecular weight excluding hydrogens is 460 g/mol.